The van der Waals surface area contributed by atoms with Crippen molar-refractivity contribution in [1.82, 2.24) is 0 Å². The highest BCUT2D eigenvalue weighted by molar-refractivity contribution is 7.90. The van der Waals surface area contributed by atoms with Gasteiger partial charge in [-0.1, -0.05) is 0 Å². The summed E-state index contributed by atoms with van der Waals surface area (Å²) >= 11 is 0. The van der Waals surface area contributed by atoms with E-state index in [1.165, 1.54) is 6.07 Å². The first kappa shape index (κ1) is 9.45. The highest BCUT2D eigenvalue weighted by Crippen LogP contribution is 2.21. The second-order valence-corrected chi connectivity index (χ2v) is 5.68. The lowest BCUT2D eigenvalue weighted by atomic mass is 10.1. The van der Waals surface area contributed by atoms with E-state index in [4.69, 9.17) is 4.42 Å². The number of aryl methyl sites for hydroxylation is 2. The van der Waals surface area contributed by atoms with Crippen molar-refractivity contribution in [2.75, 3.05) is 5.75 Å². The smallest absolute Gasteiger partial charge is 0.336 e. The van der Waals surface area contributed by atoms with E-state index in [-0.39, 0.29) is 11.5 Å². The normalized spacial score (nSPS) is 18.9. The average molecular weight is 214 g/mol. The third kappa shape index (κ3) is 1.59. The van der Waals surface area contributed by atoms with Crippen molar-refractivity contribution >= 4 is 9.84 Å². The van der Waals surface area contributed by atoms with Crippen molar-refractivity contribution in [2.24, 2.45) is 0 Å². The predicted molar refractivity (Wildman–Crippen MR) is 50.9 cm³/mol. The van der Waals surface area contributed by atoms with Gasteiger partial charge in [0.05, 0.1) is 11.5 Å². The topological polar surface area (TPSA) is 64.3 Å². The summed E-state index contributed by atoms with van der Waals surface area (Å²) in [7, 11) is -2.99. The molecule has 0 spiro atoms. The van der Waals surface area contributed by atoms with Gasteiger partial charge in [0.15, 0.2) is 9.84 Å². The van der Waals surface area contributed by atoms with Crippen molar-refractivity contribution in [1.29, 1.82) is 0 Å². The van der Waals surface area contributed by atoms with E-state index in [9.17, 15) is 13.2 Å². The Kier molecular flexibility index (Phi) is 1.99. The molecule has 0 fully saturated rings. The van der Waals surface area contributed by atoms with E-state index in [2.05, 4.69) is 0 Å². The monoisotopic (exact) mass is 214 g/mol. The molecule has 0 atom stereocenters. The van der Waals surface area contributed by atoms with Crippen molar-refractivity contribution in [3.63, 3.8) is 0 Å². The number of sulfone groups is 1. The summed E-state index contributed by atoms with van der Waals surface area (Å²) in [5, 5.41) is 0. The van der Waals surface area contributed by atoms with Crippen molar-refractivity contribution in [3.05, 3.63) is 33.4 Å². The fraction of sp³-hybridized carbons (Fsp3) is 0.444. The molecule has 4 nitrogen and oxygen atoms in total. The van der Waals surface area contributed by atoms with Crippen molar-refractivity contribution < 1.29 is 12.8 Å². The molecule has 1 aliphatic heterocycles. The van der Waals surface area contributed by atoms with Gasteiger partial charge in [-0.15, -0.1) is 0 Å². The number of hydrogen-bond acceptors (Lipinski definition) is 4. The molecule has 76 valence electrons. The minimum Gasteiger partial charge on any atom is -0.428 e. The molecule has 0 radical (unpaired) electrons. The fourth-order valence-corrected chi connectivity index (χ4v) is 3.10. The second kappa shape index (κ2) is 2.95. The van der Waals surface area contributed by atoms with Crippen LogP contribution in [0.25, 0.3) is 0 Å². The van der Waals surface area contributed by atoms with Gasteiger partial charge in [0.2, 0.25) is 0 Å². The van der Waals surface area contributed by atoms with Crippen LogP contribution in [0.2, 0.25) is 0 Å². The average Bonchev–Trinajstić information content (AvgIpc) is 2.06. The first-order valence-electron chi connectivity index (χ1n) is 4.31. The third-order valence-corrected chi connectivity index (χ3v) is 3.93. The Morgan fingerprint density at radius 3 is 2.86 bits per heavy atom. The van der Waals surface area contributed by atoms with Crippen LogP contribution in [0, 0.1) is 6.92 Å². The zero-order chi connectivity index (χ0) is 10.3. The van der Waals surface area contributed by atoms with Crippen LogP contribution in [0.1, 0.15) is 16.9 Å². The minimum atomic E-state index is -2.99. The summed E-state index contributed by atoms with van der Waals surface area (Å²) in [5.41, 5.74) is 0.968. The lowest BCUT2D eigenvalue weighted by Gasteiger charge is -2.15. The fourth-order valence-electron chi connectivity index (χ4n) is 1.63. The summed E-state index contributed by atoms with van der Waals surface area (Å²) < 4.78 is 27.6. The molecular formula is C9H10O4S. The van der Waals surface area contributed by atoms with Gasteiger partial charge in [0.1, 0.15) is 5.76 Å². The standard InChI is InChI=1S/C9H10O4S/c1-6-4-9(10)13-8-2-3-14(11,12)5-7(6)8/h4H,2-3,5H2,1H3. The Balaban J connectivity index is 2.64. The van der Waals surface area contributed by atoms with Crippen molar-refractivity contribution in [3.8, 4) is 0 Å². The van der Waals surface area contributed by atoms with Crippen LogP contribution in [-0.2, 0) is 22.0 Å². The van der Waals surface area contributed by atoms with Crippen molar-refractivity contribution in [2.45, 2.75) is 19.1 Å². The van der Waals surface area contributed by atoms with E-state index in [1.54, 1.807) is 6.92 Å². The second-order valence-electron chi connectivity index (χ2n) is 3.49. The summed E-state index contributed by atoms with van der Waals surface area (Å²) in [6.45, 7) is 1.73. The Hall–Kier alpha value is -1.10. The highest BCUT2D eigenvalue weighted by Gasteiger charge is 2.24. The van der Waals surface area contributed by atoms with Gasteiger partial charge < -0.3 is 4.42 Å². The summed E-state index contributed by atoms with van der Waals surface area (Å²) in [4.78, 5) is 11.0. The molecule has 1 aliphatic rings. The highest BCUT2D eigenvalue weighted by atomic mass is 32.2. The molecular weight excluding hydrogens is 204 g/mol. The van der Waals surface area contributed by atoms with Crippen LogP contribution in [0.15, 0.2) is 15.3 Å². The van der Waals surface area contributed by atoms with Gasteiger partial charge in [-0.3, -0.25) is 0 Å². The SMILES string of the molecule is Cc1cc(=O)oc2c1CS(=O)(=O)CC2. The Morgan fingerprint density at radius 2 is 2.14 bits per heavy atom. The maximum atomic E-state index is 11.3. The van der Waals surface area contributed by atoms with E-state index < -0.39 is 15.5 Å². The van der Waals surface area contributed by atoms with E-state index >= 15 is 0 Å². The van der Waals surface area contributed by atoms with Gasteiger partial charge in [0.25, 0.3) is 0 Å². The maximum Gasteiger partial charge on any atom is 0.336 e. The Bertz CT molecular complexity index is 524. The van der Waals surface area contributed by atoms with Crippen LogP contribution < -0.4 is 5.63 Å². The zero-order valence-corrected chi connectivity index (χ0v) is 8.56. The molecule has 14 heavy (non-hydrogen) atoms. The summed E-state index contributed by atoms with van der Waals surface area (Å²) in [5.74, 6) is 0.606. The largest absolute Gasteiger partial charge is 0.428 e. The van der Waals surface area contributed by atoms with Crippen LogP contribution >= 0.6 is 0 Å². The summed E-state index contributed by atoms with van der Waals surface area (Å²) in [6, 6.07) is 1.33. The van der Waals surface area contributed by atoms with Gasteiger partial charge in [-0.2, -0.15) is 0 Å². The van der Waals surface area contributed by atoms with E-state index in [0.29, 0.717) is 23.3 Å². The molecule has 0 bridgehead atoms. The first-order valence-corrected chi connectivity index (χ1v) is 6.13. The first-order chi connectivity index (χ1) is 6.48. The quantitative estimate of drug-likeness (QED) is 0.627. The number of fused-ring (bicyclic) bond motifs is 1. The summed E-state index contributed by atoms with van der Waals surface area (Å²) in [6.07, 6.45) is 0.314. The molecule has 0 saturated carbocycles. The minimum absolute atomic E-state index is 0.00204. The molecule has 5 heteroatoms. The van der Waals surface area contributed by atoms with Gasteiger partial charge in [0, 0.05) is 18.1 Å². The third-order valence-electron chi connectivity index (χ3n) is 2.38. The molecule has 0 saturated heterocycles. The lowest BCUT2D eigenvalue weighted by Crippen LogP contribution is -2.21. The van der Waals surface area contributed by atoms with E-state index in [1.807, 2.05) is 0 Å². The van der Waals surface area contributed by atoms with Crippen LogP contribution in [0.3, 0.4) is 0 Å². The van der Waals surface area contributed by atoms with Crippen LogP contribution in [-0.4, -0.2) is 14.2 Å². The molecule has 2 rings (SSSR count). The zero-order valence-electron chi connectivity index (χ0n) is 7.74. The van der Waals surface area contributed by atoms with Gasteiger partial charge in [-0.05, 0) is 12.5 Å². The maximum absolute atomic E-state index is 11.3. The molecule has 0 aromatic carbocycles. The number of rotatable bonds is 0. The molecule has 0 aliphatic carbocycles. The molecule has 0 unspecified atom stereocenters. The van der Waals surface area contributed by atoms with Gasteiger partial charge in [-0.25, -0.2) is 13.2 Å². The number of hydrogen-bond donors (Lipinski definition) is 0. The van der Waals surface area contributed by atoms with Crippen LogP contribution in [0.4, 0.5) is 0 Å². The lowest BCUT2D eigenvalue weighted by molar-refractivity contribution is 0.452. The predicted octanol–water partition coefficient (Wildman–Crippen LogP) is 0.419. The molecule has 2 heterocycles. The molecule has 0 N–H and O–H groups in total. The molecule has 0 amide bonds. The van der Waals surface area contributed by atoms with E-state index in [0.717, 1.165) is 0 Å². The van der Waals surface area contributed by atoms with Gasteiger partial charge >= 0.3 is 5.63 Å². The Morgan fingerprint density at radius 1 is 1.43 bits per heavy atom. The Labute approximate surface area is 81.5 Å². The van der Waals surface area contributed by atoms with Crippen LogP contribution in [0.5, 0.6) is 0 Å². The molecule has 1 aromatic heterocycles. The molecule has 1 aromatic rings.